The van der Waals surface area contributed by atoms with Gasteiger partial charge in [0, 0.05) is 6.54 Å². The Morgan fingerprint density at radius 1 is 1.53 bits per heavy atom. The minimum Gasteiger partial charge on any atom is -0.484 e. The van der Waals surface area contributed by atoms with Crippen LogP contribution >= 0.6 is 0 Å². The number of aryl methyl sites for hydroxylation is 1. The minimum atomic E-state index is -0.346. The molecule has 104 valence electrons. The zero-order valence-corrected chi connectivity index (χ0v) is 11.3. The number of hydrogen-bond acceptors (Lipinski definition) is 3. The lowest BCUT2D eigenvalue weighted by atomic mass is 10.1. The van der Waals surface area contributed by atoms with Crippen LogP contribution in [0.15, 0.2) is 18.2 Å². The van der Waals surface area contributed by atoms with Gasteiger partial charge in [0.25, 0.3) is 5.91 Å². The summed E-state index contributed by atoms with van der Waals surface area (Å²) in [5, 5.41) is 12.5. The molecule has 0 heterocycles. The second-order valence-corrected chi connectivity index (χ2v) is 4.91. The highest BCUT2D eigenvalue weighted by molar-refractivity contribution is 5.77. The van der Waals surface area contributed by atoms with E-state index in [0.717, 1.165) is 36.8 Å². The van der Waals surface area contributed by atoms with Crippen LogP contribution in [0, 0.1) is 0 Å². The SMILES string of the molecule is CCCCNC(=O)COc1ccc2c(c1)CCC2O. The van der Waals surface area contributed by atoms with E-state index in [1.165, 1.54) is 0 Å². The van der Waals surface area contributed by atoms with Gasteiger partial charge in [0.15, 0.2) is 6.61 Å². The first-order chi connectivity index (χ1) is 9.20. The molecule has 4 nitrogen and oxygen atoms in total. The van der Waals surface area contributed by atoms with Crippen LogP contribution in [0.25, 0.3) is 0 Å². The maximum absolute atomic E-state index is 11.5. The summed E-state index contributed by atoms with van der Waals surface area (Å²) in [6.07, 6.45) is 3.35. The van der Waals surface area contributed by atoms with Gasteiger partial charge in [-0.3, -0.25) is 4.79 Å². The van der Waals surface area contributed by atoms with Crippen molar-refractivity contribution in [1.82, 2.24) is 5.32 Å². The van der Waals surface area contributed by atoms with Crippen molar-refractivity contribution < 1.29 is 14.6 Å². The zero-order chi connectivity index (χ0) is 13.7. The number of hydrogen-bond donors (Lipinski definition) is 2. The molecule has 0 fully saturated rings. The molecule has 2 rings (SSSR count). The Morgan fingerprint density at radius 2 is 2.37 bits per heavy atom. The lowest BCUT2D eigenvalue weighted by molar-refractivity contribution is -0.123. The van der Waals surface area contributed by atoms with Crippen molar-refractivity contribution in [3.63, 3.8) is 0 Å². The van der Waals surface area contributed by atoms with E-state index in [9.17, 15) is 9.90 Å². The Kier molecular flexibility index (Phi) is 4.80. The minimum absolute atomic E-state index is 0.0467. The summed E-state index contributed by atoms with van der Waals surface area (Å²) >= 11 is 0. The molecule has 0 bridgehead atoms. The standard InChI is InChI=1S/C15H21NO3/c1-2-3-8-16-15(18)10-19-12-5-6-13-11(9-12)4-7-14(13)17/h5-6,9,14,17H,2-4,7-8,10H2,1H3,(H,16,18). The van der Waals surface area contributed by atoms with Crippen LogP contribution in [0.4, 0.5) is 0 Å². The van der Waals surface area contributed by atoms with Gasteiger partial charge in [-0.05, 0) is 42.5 Å². The number of benzene rings is 1. The van der Waals surface area contributed by atoms with E-state index in [1.54, 1.807) is 0 Å². The van der Waals surface area contributed by atoms with Crippen LogP contribution in [-0.2, 0) is 11.2 Å². The molecule has 4 heteroatoms. The van der Waals surface area contributed by atoms with Gasteiger partial charge in [-0.25, -0.2) is 0 Å². The van der Waals surface area contributed by atoms with Crippen LogP contribution in [0.3, 0.4) is 0 Å². The molecule has 1 unspecified atom stereocenters. The van der Waals surface area contributed by atoms with Crippen molar-refractivity contribution in [3.05, 3.63) is 29.3 Å². The first-order valence-corrected chi connectivity index (χ1v) is 6.91. The van der Waals surface area contributed by atoms with Gasteiger partial charge < -0.3 is 15.2 Å². The number of unbranched alkanes of at least 4 members (excludes halogenated alkanes) is 1. The number of ether oxygens (including phenoxy) is 1. The largest absolute Gasteiger partial charge is 0.484 e. The molecule has 0 aromatic heterocycles. The average molecular weight is 263 g/mol. The Hall–Kier alpha value is -1.55. The fourth-order valence-electron chi connectivity index (χ4n) is 2.27. The van der Waals surface area contributed by atoms with Crippen molar-refractivity contribution in [2.75, 3.05) is 13.2 Å². The predicted octanol–water partition coefficient (Wildman–Crippen LogP) is 1.96. The van der Waals surface area contributed by atoms with Gasteiger partial charge in [0.1, 0.15) is 5.75 Å². The highest BCUT2D eigenvalue weighted by atomic mass is 16.5. The zero-order valence-electron chi connectivity index (χ0n) is 11.3. The molecule has 1 atom stereocenters. The molecule has 1 amide bonds. The monoisotopic (exact) mass is 263 g/mol. The smallest absolute Gasteiger partial charge is 0.257 e. The van der Waals surface area contributed by atoms with Crippen LogP contribution in [0.2, 0.25) is 0 Å². The number of carbonyl (C=O) groups excluding carboxylic acids is 1. The Labute approximate surface area is 113 Å². The molecule has 0 saturated carbocycles. The summed E-state index contributed by atoms with van der Waals surface area (Å²) in [4.78, 5) is 11.5. The Bertz CT molecular complexity index is 445. The van der Waals surface area contributed by atoms with Crippen molar-refractivity contribution in [2.24, 2.45) is 0 Å². The number of aliphatic hydroxyl groups excluding tert-OH is 1. The van der Waals surface area contributed by atoms with E-state index in [2.05, 4.69) is 12.2 Å². The van der Waals surface area contributed by atoms with Crippen molar-refractivity contribution >= 4 is 5.91 Å². The van der Waals surface area contributed by atoms with Crippen molar-refractivity contribution in [2.45, 2.75) is 38.7 Å². The number of amides is 1. The molecule has 1 aromatic carbocycles. The second kappa shape index (κ2) is 6.57. The van der Waals surface area contributed by atoms with Crippen LogP contribution in [0.1, 0.15) is 43.4 Å². The van der Waals surface area contributed by atoms with Crippen LogP contribution in [0.5, 0.6) is 5.75 Å². The van der Waals surface area contributed by atoms with E-state index in [1.807, 2.05) is 18.2 Å². The highest BCUT2D eigenvalue weighted by Gasteiger charge is 2.20. The molecule has 0 saturated heterocycles. The first kappa shape index (κ1) is 13.9. The van der Waals surface area contributed by atoms with E-state index in [4.69, 9.17) is 4.74 Å². The molecule has 2 N–H and O–H groups in total. The first-order valence-electron chi connectivity index (χ1n) is 6.91. The third-order valence-corrected chi connectivity index (χ3v) is 3.38. The normalized spacial score (nSPS) is 17.1. The lowest BCUT2D eigenvalue weighted by Gasteiger charge is -2.09. The van der Waals surface area contributed by atoms with Gasteiger partial charge in [0.2, 0.25) is 0 Å². The van der Waals surface area contributed by atoms with Gasteiger partial charge in [-0.1, -0.05) is 19.4 Å². The molecule has 1 aromatic rings. The van der Waals surface area contributed by atoms with E-state index in [-0.39, 0.29) is 18.6 Å². The topological polar surface area (TPSA) is 58.6 Å². The van der Waals surface area contributed by atoms with E-state index >= 15 is 0 Å². The quantitative estimate of drug-likeness (QED) is 0.771. The molecule has 1 aliphatic carbocycles. The van der Waals surface area contributed by atoms with Crippen molar-refractivity contribution in [1.29, 1.82) is 0 Å². The Balaban J connectivity index is 1.82. The number of aliphatic hydroxyl groups is 1. The summed E-state index contributed by atoms with van der Waals surface area (Å²) in [5.74, 6) is 0.604. The molecule has 0 spiro atoms. The number of rotatable bonds is 6. The number of nitrogens with one attached hydrogen (secondary N) is 1. The fourth-order valence-corrected chi connectivity index (χ4v) is 2.27. The highest BCUT2D eigenvalue weighted by Crippen LogP contribution is 2.33. The van der Waals surface area contributed by atoms with Crippen molar-refractivity contribution in [3.8, 4) is 5.75 Å². The number of carbonyl (C=O) groups is 1. The summed E-state index contributed by atoms with van der Waals surface area (Å²) in [5.41, 5.74) is 2.11. The lowest BCUT2D eigenvalue weighted by Crippen LogP contribution is -2.29. The van der Waals surface area contributed by atoms with Gasteiger partial charge >= 0.3 is 0 Å². The summed E-state index contributed by atoms with van der Waals surface area (Å²) in [6, 6.07) is 5.62. The maximum atomic E-state index is 11.5. The summed E-state index contributed by atoms with van der Waals surface area (Å²) in [6.45, 7) is 2.84. The molecule has 1 aliphatic rings. The summed E-state index contributed by atoms with van der Waals surface area (Å²) in [7, 11) is 0. The molecule has 0 radical (unpaired) electrons. The average Bonchev–Trinajstić information content (AvgIpc) is 2.78. The predicted molar refractivity (Wildman–Crippen MR) is 73.1 cm³/mol. The second-order valence-electron chi connectivity index (χ2n) is 4.91. The Morgan fingerprint density at radius 3 is 3.16 bits per heavy atom. The maximum Gasteiger partial charge on any atom is 0.257 e. The summed E-state index contributed by atoms with van der Waals surface area (Å²) < 4.78 is 5.47. The molecular formula is C15H21NO3. The molecular weight excluding hydrogens is 242 g/mol. The molecule has 0 aliphatic heterocycles. The fraction of sp³-hybridized carbons (Fsp3) is 0.533. The van der Waals surface area contributed by atoms with E-state index in [0.29, 0.717) is 12.3 Å². The van der Waals surface area contributed by atoms with Crippen LogP contribution < -0.4 is 10.1 Å². The van der Waals surface area contributed by atoms with Gasteiger partial charge in [-0.15, -0.1) is 0 Å². The van der Waals surface area contributed by atoms with Crippen LogP contribution in [-0.4, -0.2) is 24.2 Å². The van der Waals surface area contributed by atoms with Gasteiger partial charge in [0.05, 0.1) is 6.10 Å². The third-order valence-electron chi connectivity index (χ3n) is 3.38. The number of fused-ring (bicyclic) bond motifs is 1. The van der Waals surface area contributed by atoms with E-state index < -0.39 is 0 Å². The van der Waals surface area contributed by atoms with Gasteiger partial charge in [-0.2, -0.15) is 0 Å². The molecule has 19 heavy (non-hydrogen) atoms. The third kappa shape index (κ3) is 3.70.